The van der Waals surface area contributed by atoms with Gasteiger partial charge in [-0.15, -0.1) is 0 Å². The molecule has 1 aromatic rings. The Morgan fingerprint density at radius 2 is 1.18 bits per heavy atom. The molecular formula is C10H2Cl5F5O2. The average Bonchev–Trinajstić information content (AvgIpc) is 2.40. The zero-order valence-corrected chi connectivity index (χ0v) is 13.6. The second-order valence-corrected chi connectivity index (χ2v) is 5.56. The van der Waals surface area contributed by atoms with Gasteiger partial charge in [-0.05, 0) is 0 Å². The van der Waals surface area contributed by atoms with Crippen LogP contribution in [0.25, 0.3) is 0 Å². The molecule has 0 radical (unpaired) electrons. The number of carbonyl (C=O) groups excluding carboxylic acids is 1. The molecule has 0 fully saturated rings. The maximum Gasteiger partial charge on any atom is 0.482 e. The molecule has 1 rings (SSSR count). The van der Waals surface area contributed by atoms with E-state index in [1.165, 1.54) is 0 Å². The van der Waals surface area contributed by atoms with Crippen molar-refractivity contribution in [3.05, 3.63) is 30.7 Å². The Morgan fingerprint density at radius 3 is 1.55 bits per heavy atom. The van der Waals surface area contributed by atoms with Gasteiger partial charge < -0.3 is 4.74 Å². The van der Waals surface area contributed by atoms with Gasteiger partial charge >= 0.3 is 12.3 Å². The van der Waals surface area contributed by atoms with Crippen LogP contribution in [0, 0.1) is 0 Å². The highest BCUT2D eigenvalue weighted by molar-refractivity contribution is 6.56. The van der Waals surface area contributed by atoms with E-state index in [9.17, 15) is 26.7 Å². The fourth-order valence-corrected chi connectivity index (χ4v) is 2.51. The van der Waals surface area contributed by atoms with Gasteiger partial charge in [-0.2, -0.15) is 22.0 Å². The molecule has 0 aliphatic rings. The molecule has 0 saturated heterocycles. The van der Waals surface area contributed by atoms with E-state index in [0.717, 1.165) is 0 Å². The van der Waals surface area contributed by atoms with E-state index in [0.29, 0.717) is 0 Å². The lowest BCUT2D eigenvalue weighted by Gasteiger charge is -2.19. The van der Waals surface area contributed by atoms with Gasteiger partial charge in [0.15, 0.2) is 5.78 Å². The number of ketones is 1. The minimum absolute atomic E-state index is 0.309. The zero-order valence-electron chi connectivity index (χ0n) is 9.80. The monoisotopic (exact) mass is 424 g/mol. The van der Waals surface area contributed by atoms with E-state index in [1.807, 2.05) is 0 Å². The van der Waals surface area contributed by atoms with Crippen LogP contribution < -0.4 is 0 Å². The van der Waals surface area contributed by atoms with Gasteiger partial charge in [-0.25, -0.2) is 0 Å². The quantitative estimate of drug-likeness (QED) is 0.244. The molecule has 0 heterocycles. The van der Waals surface area contributed by atoms with E-state index < -0.39 is 50.3 Å². The van der Waals surface area contributed by atoms with Crippen LogP contribution in [0.2, 0.25) is 25.1 Å². The second kappa shape index (κ2) is 6.83. The molecule has 12 heteroatoms. The fraction of sp³-hybridized carbons (Fsp3) is 0.300. The van der Waals surface area contributed by atoms with Crippen molar-refractivity contribution in [1.29, 1.82) is 0 Å². The lowest BCUT2D eigenvalue weighted by Crippen LogP contribution is -2.40. The van der Waals surface area contributed by atoms with Gasteiger partial charge in [0, 0.05) is 0 Å². The first-order chi connectivity index (χ1) is 9.81. The minimum Gasteiger partial charge on any atom is -0.305 e. The van der Waals surface area contributed by atoms with Crippen molar-refractivity contribution >= 4 is 63.8 Å². The maximum absolute atomic E-state index is 12.6. The molecule has 124 valence electrons. The summed E-state index contributed by atoms with van der Waals surface area (Å²) in [5.41, 5.74) is -0.680. The first-order valence-electron chi connectivity index (χ1n) is 4.94. The largest absolute Gasteiger partial charge is 0.482 e. The third-order valence-electron chi connectivity index (χ3n) is 2.20. The predicted molar refractivity (Wildman–Crippen MR) is 72.8 cm³/mol. The van der Waals surface area contributed by atoms with Crippen LogP contribution >= 0.6 is 58.0 Å². The third-order valence-corrected chi connectivity index (χ3v) is 4.48. The number of hydrogen-bond donors (Lipinski definition) is 0. The number of alkyl halides is 5. The number of carbonyl (C=O) groups is 1. The topological polar surface area (TPSA) is 26.3 Å². The van der Waals surface area contributed by atoms with Crippen LogP contribution in [0.15, 0.2) is 0 Å². The van der Waals surface area contributed by atoms with Gasteiger partial charge in [0.2, 0.25) is 0 Å². The summed E-state index contributed by atoms with van der Waals surface area (Å²) in [6, 6.07) is 0. The van der Waals surface area contributed by atoms with Crippen molar-refractivity contribution in [1.82, 2.24) is 0 Å². The van der Waals surface area contributed by atoms with Crippen LogP contribution in [0.1, 0.15) is 10.4 Å². The van der Waals surface area contributed by atoms with Gasteiger partial charge in [0.1, 0.15) is 6.61 Å². The molecule has 0 atom stereocenters. The summed E-state index contributed by atoms with van der Waals surface area (Å²) in [5.74, 6) is -1.39. The maximum atomic E-state index is 12.6. The van der Waals surface area contributed by atoms with Gasteiger partial charge in [0.25, 0.3) is 0 Å². The van der Waals surface area contributed by atoms with Crippen molar-refractivity contribution in [3.8, 4) is 0 Å². The number of hydrogen-bond acceptors (Lipinski definition) is 2. The molecule has 0 aliphatic carbocycles. The molecule has 0 aliphatic heterocycles. The Balaban J connectivity index is 3.12. The van der Waals surface area contributed by atoms with Crippen molar-refractivity contribution in [2.24, 2.45) is 0 Å². The van der Waals surface area contributed by atoms with Crippen molar-refractivity contribution in [2.75, 3.05) is 6.61 Å². The number of halogens is 10. The van der Waals surface area contributed by atoms with E-state index in [2.05, 4.69) is 4.74 Å². The summed E-state index contributed by atoms with van der Waals surface area (Å²) in [5, 5.41) is -2.24. The number of Topliss-reactive ketones (excluding diaryl/α,β-unsaturated/α-hetero) is 1. The molecule has 0 spiro atoms. The van der Waals surface area contributed by atoms with E-state index >= 15 is 0 Å². The van der Waals surface area contributed by atoms with E-state index in [-0.39, 0.29) is 5.02 Å². The minimum atomic E-state index is -5.99. The van der Waals surface area contributed by atoms with Crippen LogP contribution in [-0.4, -0.2) is 24.7 Å². The summed E-state index contributed by atoms with van der Waals surface area (Å²) in [6.45, 7) is -1.67. The molecule has 2 nitrogen and oxygen atoms in total. The van der Waals surface area contributed by atoms with E-state index in [1.54, 1.807) is 0 Å². The highest BCUT2D eigenvalue weighted by atomic mass is 35.5. The van der Waals surface area contributed by atoms with Crippen molar-refractivity contribution < 1.29 is 31.5 Å². The van der Waals surface area contributed by atoms with Gasteiger partial charge in [-0.3, -0.25) is 4.79 Å². The number of ether oxygens (including phenoxy) is 1. The molecule has 22 heavy (non-hydrogen) atoms. The highest BCUT2D eigenvalue weighted by Crippen LogP contribution is 2.44. The summed E-state index contributed by atoms with van der Waals surface area (Å²) in [6.07, 6.45) is -11.5. The Bertz CT molecular complexity index is 588. The summed E-state index contributed by atoms with van der Waals surface area (Å²) < 4.78 is 64.3. The van der Waals surface area contributed by atoms with Crippen LogP contribution in [0.4, 0.5) is 22.0 Å². The SMILES string of the molecule is O=C(COC(F)(F)C(F)(F)F)c1c(Cl)c(Cl)c(Cl)c(Cl)c1Cl. The molecule has 0 aromatic heterocycles. The average molecular weight is 426 g/mol. The van der Waals surface area contributed by atoms with Crippen LogP contribution in [0.3, 0.4) is 0 Å². The molecule has 0 amide bonds. The molecule has 0 unspecified atom stereocenters. The van der Waals surface area contributed by atoms with Gasteiger partial charge in [0.05, 0.1) is 30.7 Å². The first-order valence-corrected chi connectivity index (χ1v) is 6.83. The predicted octanol–water partition coefficient (Wildman–Crippen LogP) is 6.31. The Labute approximate surface area is 145 Å². The van der Waals surface area contributed by atoms with Gasteiger partial charge in [-0.1, -0.05) is 58.0 Å². The third kappa shape index (κ3) is 3.88. The highest BCUT2D eigenvalue weighted by Gasteiger charge is 2.59. The van der Waals surface area contributed by atoms with Crippen LogP contribution in [-0.2, 0) is 4.74 Å². The molecule has 1 aromatic carbocycles. The molecule has 0 N–H and O–H groups in total. The van der Waals surface area contributed by atoms with Crippen molar-refractivity contribution in [2.45, 2.75) is 12.3 Å². The normalized spacial score (nSPS) is 12.6. The fourth-order valence-electron chi connectivity index (χ4n) is 1.16. The molecule has 0 saturated carbocycles. The summed E-state index contributed by atoms with van der Waals surface area (Å²) in [7, 11) is 0. The lowest BCUT2D eigenvalue weighted by atomic mass is 10.1. The Morgan fingerprint density at radius 1 is 0.818 bits per heavy atom. The summed E-state index contributed by atoms with van der Waals surface area (Å²) >= 11 is 28.2. The van der Waals surface area contributed by atoms with Crippen LogP contribution in [0.5, 0.6) is 0 Å². The Kier molecular flexibility index (Phi) is 6.20. The first kappa shape index (κ1) is 20.0. The van der Waals surface area contributed by atoms with Crippen molar-refractivity contribution in [3.63, 3.8) is 0 Å². The standard InChI is InChI=1S/C10H2Cl5F5O2/c11-4-3(5(12)7(14)8(15)6(4)13)2(21)1-22-10(19,20)9(16,17)18/h1H2. The summed E-state index contributed by atoms with van der Waals surface area (Å²) in [4.78, 5) is 11.7. The molecule has 0 bridgehead atoms. The zero-order chi connectivity index (χ0) is 17.5. The lowest BCUT2D eigenvalue weighted by molar-refractivity contribution is -0.387. The smallest absolute Gasteiger partial charge is 0.305 e. The Hall–Kier alpha value is -0.0500. The second-order valence-electron chi connectivity index (χ2n) is 3.67. The number of benzene rings is 1. The molecular weight excluding hydrogens is 424 g/mol. The van der Waals surface area contributed by atoms with E-state index in [4.69, 9.17) is 58.0 Å². The number of rotatable bonds is 4.